The zero-order valence-corrected chi connectivity index (χ0v) is 7.62. The summed E-state index contributed by atoms with van der Waals surface area (Å²) in [7, 11) is 0. The molecule has 0 nitrogen and oxygen atoms in total. The molecule has 0 saturated carbocycles. The van der Waals surface area contributed by atoms with Crippen molar-refractivity contribution in [3.05, 3.63) is 0 Å². The fraction of sp³-hybridized carbons (Fsp3) is 1.00. The predicted octanol–water partition coefficient (Wildman–Crippen LogP) is 2.87. The molecule has 1 rings (SSSR count). The van der Waals surface area contributed by atoms with Crippen molar-refractivity contribution >= 4 is 11.8 Å². The topological polar surface area (TPSA) is 0 Å². The number of thioether (sulfide) groups is 1. The molecule has 0 aromatic rings. The van der Waals surface area contributed by atoms with E-state index in [9.17, 15) is 4.39 Å². The highest BCUT2D eigenvalue weighted by Crippen LogP contribution is 2.41. The molecule has 1 aliphatic rings. The van der Waals surface area contributed by atoms with E-state index in [1.54, 1.807) is 11.8 Å². The molecule has 0 aromatic carbocycles. The first-order valence-corrected chi connectivity index (χ1v) is 4.90. The number of rotatable bonds is 1. The molecule has 1 unspecified atom stereocenters. The molecule has 0 aromatic heterocycles. The lowest BCUT2D eigenvalue weighted by Crippen LogP contribution is -2.18. The molecule has 0 spiro atoms. The fourth-order valence-corrected chi connectivity index (χ4v) is 3.12. The first kappa shape index (κ1) is 8.38. The van der Waals surface area contributed by atoms with Gasteiger partial charge >= 0.3 is 0 Å². The van der Waals surface area contributed by atoms with Crippen LogP contribution < -0.4 is 0 Å². The summed E-state index contributed by atoms with van der Waals surface area (Å²) >= 11 is 1.81. The van der Waals surface area contributed by atoms with Crippen LogP contribution >= 0.6 is 11.8 Å². The van der Waals surface area contributed by atoms with Gasteiger partial charge in [-0.25, -0.2) is 4.39 Å². The molecule has 0 aliphatic carbocycles. The molecule has 1 fully saturated rings. The predicted molar refractivity (Wildman–Crippen MR) is 45.2 cm³/mol. The Hall–Kier alpha value is 0.280. The lowest BCUT2D eigenvalue weighted by atomic mass is 9.99. The first-order chi connectivity index (χ1) is 4.66. The normalized spacial score (nSPS) is 48.0. The summed E-state index contributed by atoms with van der Waals surface area (Å²) < 4.78 is 13.1. The van der Waals surface area contributed by atoms with Crippen LogP contribution in [0.25, 0.3) is 0 Å². The Morgan fingerprint density at radius 2 is 2.00 bits per heavy atom. The number of alkyl halides is 1. The Morgan fingerprint density at radius 3 is 2.20 bits per heavy atom. The standard InChI is InChI=1S/C8H15FS/c1-4-7-5(2)8(9)6(3)10-7/h5-8H,4H2,1-3H3/t5-,6?,7-,8+/m1/s1. The van der Waals surface area contributed by atoms with E-state index in [-0.39, 0.29) is 11.2 Å². The average molecular weight is 162 g/mol. The Bertz CT molecular complexity index is 116. The van der Waals surface area contributed by atoms with E-state index in [2.05, 4.69) is 6.92 Å². The monoisotopic (exact) mass is 162 g/mol. The van der Waals surface area contributed by atoms with Crippen molar-refractivity contribution in [1.29, 1.82) is 0 Å². The van der Waals surface area contributed by atoms with Crippen molar-refractivity contribution in [2.75, 3.05) is 0 Å². The van der Waals surface area contributed by atoms with E-state index in [1.165, 1.54) is 0 Å². The van der Waals surface area contributed by atoms with Crippen molar-refractivity contribution < 1.29 is 4.39 Å². The third-order valence-corrected chi connectivity index (χ3v) is 4.13. The summed E-state index contributed by atoms with van der Waals surface area (Å²) in [6.07, 6.45) is 0.534. The summed E-state index contributed by atoms with van der Waals surface area (Å²) in [6, 6.07) is 0. The molecule has 60 valence electrons. The highest BCUT2D eigenvalue weighted by molar-refractivity contribution is 8.00. The molecule has 2 heteroatoms. The van der Waals surface area contributed by atoms with Crippen molar-refractivity contribution in [3.8, 4) is 0 Å². The van der Waals surface area contributed by atoms with E-state index in [0.29, 0.717) is 5.25 Å². The van der Waals surface area contributed by atoms with E-state index in [0.717, 1.165) is 6.42 Å². The maximum atomic E-state index is 13.1. The van der Waals surface area contributed by atoms with Gasteiger partial charge in [-0.05, 0) is 6.42 Å². The molecule has 1 heterocycles. The fourth-order valence-electron chi connectivity index (χ4n) is 1.58. The largest absolute Gasteiger partial charge is 0.246 e. The Kier molecular flexibility index (Phi) is 2.61. The van der Waals surface area contributed by atoms with Crippen molar-refractivity contribution in [1.82, 2.24) is 0 Å². The van der Waals surface area contributed by atoms with Crippen molar-refractivity contribution in [3.63, 3.8) is 0 Å². The second-order valence-corrected chi connectivity index (χ2v) is 4.71. The second kappa shape index (κ2) is 3.12. The van der Waals surface area contributed by atoms with E-state index in [1.807, 2.05) is 13.8 Å². The first-order valence-electron chi connectivity index (χ1n) is 3.96. The number of hydrogen-bond donors (Lipinski definition) is 0. The summed E-state index contributed by atoms with van der Waals surface area (Å²) in [4.78, 5) is 0. The third-order valence-electron chi connectivity index (χ3n) is 2.33. The van der Waals surface area contributed by atoms with Crippen LogP contribution in [0, 0.1) is 5.92 Å². The smallest absolute Gasteiger partial charge is 0.115 e. The Labute approximate surface area is 66.6 Å². The molecule has 0 bridgehead atoms. The molecular formula is C8H15FS. The van der Waals surface area contributed by atoms with Crippen LogP contribution in [0.5, 0.6) is 0 Å². The lowest BCUT2D eigenvalue weighted by Gasteiger charge is -2.11. The van der Waals surface area contributed by atoms with Gasteiger partial charge in [0.05, 0.1) is 0 Å². The summed E-state index contributed by atoms with van der Waals surface area (Å²) in [5, 5.41) is 0.782. The zero-order valence-electron chi connectivity index (χ0n) is 6.80. The molecular weight excluding hydrogens is 147 g/mol. The van der Waals surface area contributed by atoms with E-state index in [4.69, 9.17) is 0 Å². The van der Waals surface area contributed by atoms with Crippen molar-refractivity contribution in [2.24, 2.45) is 5.92 Å². The van der Waals surface area contributed by atoms with Crippen LogP contribution in [-0.4, -0.2) is 16.7 Å². The van der Waals surface area contributed by atoms with E-state index < -0.39 is 6.17 Å². The van der Waals surface area contributed by atoms with Gasteiger partial charge in [-0.15, -0.1) is 0 Å². The molecule has 1 aliphatic heterocycles. The molecule has 10 heavy (non-hydrogen) atoms. The van der Waals surface area contributed by atoms with Crippen LogP contribution in [0.4, 0.5) is 4.39 Å². The number of hydrogen-bond acceptors (Lipinski definition) is 1. The SMILES string of the molecule is CC[C@H]1SC(C)[C@@H](F)[C@@H]1C. The van der Waals surface area contributed by atoms with Gasteiger partial charge in [0.15, 0.2) is 0 Å². The van der Waals surface area contributed by atoms with Gasteiger partial charge < -0.3 is 0 Å². The van der Waals surface area contributed by atoms with Gasteiger partial charge in [-0.3, -0.25) is 0 Å². The molecule has 0 N–H and O–H groups in total. The van der Waals surface area contributed by atoms with Crippen LogP contribution in [-0.2, 0) is 0 Å². The molecule has 4 atom stereocenters. The van der Waals surface area contributed by atoms with Crippen LogP contribution in [0.15, 0.2) is 0 Å². The second-order valence-electron chi connectivity index (χ2n) is 3.09. The third kappa shape index (κ3) is 1.31. The maximum absolute atomic E-state index is 13.1. The van der Waals surface area contributed by atoms with Gasteiger partial charge in [0, 0.05) is 16.4 Å². The minimum absolute atomic E-state index is 0.222. The van der Waals surface area contributed by atoms with Crippen LogP contribution in [0.1, 0.15) is 27.2 Å². The van der Waals surface area contributed by atoms with Crippen LogP contribution in [0.3, 0.4) is 0 Å². The van der Waals surface area contributed by atoms with Gasteiger partial charge in [0.1, 0.15) is 6.17 Å². The summed E-state index contributed by atoms with van der Waals surface area (Å²) in [5.41, 5.74) is 0. The maximum Gasteiger partial charge on any atom is 0.115 e. The molecule has 1 saturated heterocycles. The average Bonchev–Trinajstić information content (AvgIpc) is 2.17. The summed E-state index contributed by atoms with van der Waals surface area (Å²) in [5.74, 6) is 0.269. The highest BCUT2D eigenvalue weighted by Gasteiger charge is 2.37. The van der Waals surface area contributed by atoms with Gasteiger partial charge in [-0.1, -0.05) is 20.8 Å². The Morgan fingerprint density at radius 1 is 1.40 bits per heavy atom. The minimum atomic E-state index is -0.574. The summed E-state index contributed by atoms with van der Waals surface area (Å²) in [6.45, 7) is 6.15. The van der Waals surface area contributed by atoms with Gasteiger partial charge in [0.25, 0.3) is 0 Å². The van der Waals surface area contributed by atoms with Crippen LogP contribution in [0.2, 0.25) is 0 Å². The minimum Gasteiger partial charge on any atom is -0.246 e. The van der Waals surface area contributed by atoms with Gasteiger partial charge in [0.2, 0.25) is 0 Å². The molecule has 0 radical (unpaired) electrons. The number of halogens is 1. The lowest BCUT2D eigenvalue weighted by molar-refractivity contribution is 0.252. The zero-order chi connectivity index (χ0) is 7.72. The quantitative estimate of drug-likeness (QED) is 0.571. The molecule has 0 amide bonds. The van der Waals surface area contributed by atoms with Crippen molar-refractivity contribution in [2.45, 2.75) is 43.9 Å². The van der Waals surface area contributed by atoms with E-state index >= 15 is 0 Å². The highest BCUT2D eigenvalue weighted by atomic mass is 32.2. The Balaban J connectivity index is 2.53. The van der Waals surface area contributed by atoms with Gasteiger partial charge in [-0.2, -0.15) is 11.8 Å².